The fourth-order valence-electron chi connectivity index (χ4n) is 2.20. The van der Waals surface area contributed by atoms with Crippen LogP contribution >= 0.6 is 0 Å². The van der Waals surface area contributed by atoms with Gasteiger partial charge in [0.2, 0.25) is 0 Å². The van der Waals surface area contributed by atoms with Crippen LogP contribution in [0.3, 0.4) is 0 Å². The van der Waals surface area contributed by atoms with Gasteiger partial charge in [0, 0.05) is 6.04 Å². The van der Waals surface area contributed by atoms with Crippen LogP contribution in [0.4, 0.5) is 0 Å². The van der Waals surface area contributed by atoms with E-state index in [0.717, 1.165) is 23.9 Å². The molecular weight excluding hydrogens is 254 g/mol. The predicted molar refractivity (Wildman–Crippen MR) is 74.2 cm³/mol. The number of rotatable bonds is 3. The smallest absolute Gasteiger partial charge is 0.270 e. The zero-order valence-corrected chi connectivity index (χ0v) is 10.7. The highest BCUT2D eigenvalue weighted by Crippen LogP contribution is 2.23. The van der Waals surface area contributed by atoms with Crippen LogP contribution < -0.4 is 5.32 Å². The van der Waals surface area contributed by atoms with Crippen LogP contribution in [0.25, 0.3) is 22.6 Å². The minimum absolute atomic E-state index is 0.125. The summed E-state index contributed by atoms with van der Waals surface area (Å²) in [6.07, 6.45) is 3.63. The highest BCUT2D eigenvalue weighted by molar-refractivity contribution is 5.98. The summed E-state index contributed by atoms with van der Waals surface area (Å²) in [5, 5.41) is 2.95. The molecule has 3 aromatic rings. The van der Waals surface area contributed by atoms with Crippen molar-refractivity contribution in [3.05, 3.63) is 36.3 Å². The lowest BCUT2D eigenvalue weighted by Gasteiger charge is -2.01. The van der Waals surface area contributed by atoms with E-state index in [1.807, 2.05) is 24.3 Å². The zero-order chi connectivity index (χ0) is 13.5. The Morgan fingerprint density at radius 2 is 2.15 bits per heavy atom. The minimum Gasteiger partial charge on any atom is -0.348 e. The molecule has 0 saturated heterocycles. The molecule has 1 aliphatic carbocycles. The lowest BCUT2D eigenvalue weighted by atomic mass is 10.3. The molecular formula is C14H13N5O. The van der Waals surface area contributed by atoms with Gasteiger partial charge in [-0.2, -0.15) is 0 Å². The molecule has 0 bridgehead atoms. The number of nitrogens with one attached hydrogen (secondary N) is 3. The first kappa shape index (κ1) is 11.2. The summed E-state index contributed by atoms with van der Waals surface area (Å²) in [7, 11) is 0. The summed E-state index contributed by atoms with van der Waals surface area (Å²) in [4.78, 5) is 26.9. The summed E-state index contributed by atoms with van der Waals surface area (Å²) in [6, 6.07) is 8.05. The third-order valence-corrected chi connectivity index (χ3v) is 3.39. The van der Waals surface area contributed by atoms with E-state index in [1.54, 1.807) is 0 Å². The Hall–Kier alpha value is -2.63. The second-order valence-corrected chi connectivity index (χ2v) is 4.98. The number of imidazole rings is 2. The Kier molecular flexibility index (Phi) is 2.35. The first-order valence-corrected chi connectivity index (χ1v) is 6.60. The van der Waals surface area contributed by atoms with Crippen molar-refractivity contribution >= 4 is 16.9 Å². The number of amides is 1. The van der Waals surface area contributed by atoms with E-state index in [4.69, 9.17) is 0 Å². The number of para-hydroxylation sites is 2. The number of benzene rings is 1. The molecule has 1 aliphatic rings. The Bertz CT molecular complexity index is 751. The Morgan fingerprint density at radius 3 is 2.95 bits per heavy atom. The number of nitrogens with zero attached hydrogens (tertiary/aromatic N) is 2. The second-order valence-electron chi connectivity index (χ2n) is 4.98. The van der Waals surface area contributed by atoms with Crippen molar-refractivity contribution in [2.75, 3.05) is 0 Å². The van der Waals surface area contributed by atoms with Crippen molar-refractivity contribution in [2.24, 2.45) is 0 Å². The fraction of sp³-hybridized carbons (Fsp3) is 0.214. The molecule has 1 fully saturated rings. The Labute approximate surface area is 114 Å². The predicted octanol–water partition coefficient (Wildman–Crippen LogP) is 1.85. The van der Waals surface area contributed by atoms with Crippen molar-refractivity contribution in [1.29, 1.82) is 0 Å². The zero-order valence-electron chi connectivity index (χ0n) is 10.7. The van der Waals surface area contributed by atoms with E-state index in [1.165, 1.54) is 6.33 Å². The Morgan fingerprint density at radius 1 is 1.30 bits per heavy atom. The van der Waals surface area contributed by atoms with E-state index in [-0.39, 0.29) is 5.91 Å². The first-order valence-electron chi connectivity index (χ1n) is 6.60. The minimum atomic E-state index is -0.125. The van der Waals surface area contributed by atoms with Gasteiger partial charge in [0.05, 0.1) is 17.4 Å². The molecule has 0 radical (unpaired) electrons. The number of hydrogen-bond donors (Lipinski definition) is 3. The topological polar surface area (TPSA) is 86.5 Å². The molecule has 6 nitrogen and oxygen atoms in total. The summed E-state index contributed by atoms with van der Waals surface area (Å²) in [5.74, 6) is 0.480. The van der Waals surface area contributed by atoms with Crippen molar-refractivity contribution < 1.29 is 4.79 Å². The maximum atomic E-state index is 12.1. The van der Waals surface area contributed by atoms with Gasteiger partial charge in [0.25, 0.3) is 5.91 Å². The van der Waals surface area contributed by atoms with Gasteiger partial charge in [0.1, 0.15) is 11.4 Å². The molecule has 2 heterocycles. The van der Waals surface area contributed by atoms with Crippen molar-refractivity contribution in [3.63, 3.8) is 0 Å². The standard InChI is InChI=1S/C14H13N5O/c20-14(17-8-5-6-8)12-11(15-7-16-12)13-18-9-3-1-2-4-10(9)19-13/h1-4,7-8H,5-6H2,(H,15,16)(H,17,20)(H,18,19). The average Bonchev–Trinajstić information content (AvgIpc) is 3.00. The third-order valence-electron chi connectivity index (χ3n) is 3.39. The molecule has 4 rings (SSSR count). The molecule has 20 heavy (non-hydrogen) atoms. The molecule has 0 aliphatic heterocycles. The summed E-state index contributed by atoms with van der Waals surface area (Å²) >= 11 is 0. The molecule has 1 amide bonds. The van der Waals surface area contributed by atoms with Crippen molar-refractivity contribution in [1.82, 2.24) is 25.3 Å². The van der Waals surface area contributed by atoms with E-state index in [2.05, 4.69) is 25.3 Å². The van der Waals surface area contributed by atoms with Crippen LogP contribution in [0.5, 0.6) is 0 Å². The van der Waals surface area contributed by atoms with Crippen LogP contribution in [0.1, 0.15) is 23.3 Å². The monoisotopic (exact) mass is 267 g/mol. The second kappa shape index (κ2) is 4.19. The average molecular weight is 267 g/mol. The highest BCUT2D eigenvalue weighted by Gasteiger charge is 2.26. The molecule has 100 valence electrons. The molecule has 0 spiro atoms. The van der Waals surface area contributed by atoms with E-state index in [0.29, 0.717) is 23.3 Å². The number of H-pyrrole nitrogens is 2. The van der Waals surface area contributed by atoms with Crippen LogP contribution in [0.2, 0.25) is 0 Å². The van der Waals surface area contributed by atoms with Gasteiger partial charge in [-0.25, -0.2) is 9.97 Å². The third kappa shape index (κ3) is 1.85. The molecule has 1 saturated carbocycles. The van der Waals surface area contributed by atoms with E-state index >= 15 is 0 Å². The van der Waals surface area contributed by atoms with Crippen molar-refractivity contribution in [2.45, 2.75) is 18.9 Å². The van der Waals surface area contributed by atoms with Crippen LogP contribution in [0, 0.1) is 0 Å². The fourth-order valence-corrected chi connectivity index (χ4v) is 2.20. The highest BCUT2D eigenvalue weighted by atomic mass is 16.2. The maximum Gasteiger partial charge on any atom is 0.270 e. The largest absolute Gasteiger partial charge is 0.348 e. The SMILES string of the molecule is O=C(NC1CC1)c1[nH]cnc1-c1nc2ccccc2[nH]1. The van der Waals surface area contributed by atoms with E-state index in [9.17, 15) is 4.79 Å². The lowest BCUT2D eigenvalue weighted by Crippen LogP contribution is -2.26. The number of fused-ring (bicyclic) bond motifs is 1. The van der Waals surface area contributed by atoms with Gasteiger partial charge >= 0.3 is 0 Å². The number of carbonyl (C=O) groups excluding carboxylic acids is 1. The maximum absolute atomic E-state index is 12.1. The molecule has 2 aromatic heterocycles. The van der Waals surface area contributed by atoms with Crippen LogP contribution in [-0.2, 0) is 0 Å². The van der Waals surface area contributed by atoms with Gasteiger partial charge < -0.3 is 15.3 Å². The van der Waals surface area contributed by atoms with Crippen LogP contribution in [0.15, 0.2) is 30.6 Å². The number of hydrogen-bond acceptors (Lipinski definition) is 3. The quantitative estimate of drug-likeness (QED) is 0.676. The number of carbonyl (C=O) groups is 1. The summed E-state index contributed by atoms with van der Waals surface area (Å²) in [5.41, 5.74) is 2.80. The lowest BCUT2D eigenvalue weighted by molar-refractivity contribution is 0.0947. The summed E-state index contributed by atoms with van der Waals surface area (Å²) < 4.78 is 0. The van der Waals surface area contributed by atoms with Gasteiger partial charge in [0.15, 0.2) is 5.82 Å². The summed E-state index contributed by atoms with van der Waals surface area (Å²) in [6.45, 7) is 0. The van der Waals surface area contributed by atoms with Gasteiger partial charge in [-0.15, -0.1) is 0 Å². The number of aromatic amines is 2. The van der Waals surface area contributed by atoms with Gasteiger partial charge in [-0.3, -0.25) is 4.79 Å². The normalized spacial score (nSPS) is 14.6. The molecule has 0 unspecified atom stereocenters. The van der Waals surface area contributed by atoms with Crippen LogP contribution in [-0.4, -0.2) is 31.9 Å². The molecule has 3 N–H and O–H groups in total. The Balaban J connectivity index is 1.74. The number of aromatic nitrogens is 4. The molecule has 6 heteroatoms. The van der Waals surface area contributed by atoms with Gasteiger partial charge in [-0.05, 0) is 25.0 Å². The molecule has 1 aromatic carbocycles. The first-order chi connectivity index (χ1) is 9.81. The van der Waals surface area contributed by atoms with E-state index < -0.39 is 0 Å². The van der Waals surface area contributed by atoms with Crippen molar-refractivity contribution in [3.8, 4) is 11.5 Å². The molecule has 0 atom stereocenters. The van der Waals surface area contributed by atoms with Gasteiger partial charge in [-0.1, -0.05) is 12.1 Å².